The zero-order chi connectivity index (χ0) is 22.2. The van der Waals surface area contributed by atoms with Crippen LogP contribution in [0.2, 0.25) is 0 Å². The molecule has 1 aromatic carbocycles. The molecule has 1 aliphatic heterocycles. The summed E-state index contributed by atoms with van der Waals surface area (Å²) in [5, 5.41) is 4.21. The first-order valence-electron chi connectivity index (χ1n) is 10.2. The molecule has 164 valence electrons. The summed E-state index contributed by atoms with van der Waals surface area (Å²) in [6.45, 7) is 6.54. The lowest BCUT2D eigenvalue weighted by Gasteiger charge is -2.33. The maximum absolute atomic E-state index is 13.1. The molecule has 4 rings (SSSR count). The number of amides is 1. The first kappa shape index (κ1) is 21.5. The van der Waals surface area contributed by atoms with Gasteiger partial charge in [-0.3, -0.25) is 15.0 Å². The number of carbonyl (C=O) groups excluding carboxylic acids is 1. The normalized spacial score (nSPS) is 19.4. The lowest BCUT2D eigenvalue weighted by molar-refractivity contribution is -0.118. The summed E-state index contributed by atoms with van der Waals surface area (Å²) in [5.74, 6) is 0.668. The molecule has 0 spiro atoms. The van der Waals surface area contributed by atoms with Gasteiger partial charge in [-0.1, -0.05) is 12.1 Å². The fraction of sp³-hybridized carbons (Fsp3) is 0.429. The molecule has 9 nitrogen and oxygen atoms in total. The van der Waals surface area contributed by atoms with Crippen LogP contribution in [0.4, 0.5) is 11.4 Å². The van der Waals surface area contributed by atoms with Crippen molar-refractivity contribution in [1.82, 2.24) is 25.3 Å². The number of H-pyrrole nitrogens is 1. The van der Waals surface area contributed by atoms with Gasteiger partial charge in [0.2, 0.25) is 5.91 Å². The summed E-state index contributed by atoms with van der Waals surface area (Å²) in [7, 11) is 2.00. The summed E-state index contributed by atoms with van der Waals surface area (Å²) in [4.78, 5) is 33.0. The summed E-state index contributed by atoms with van der Waals surface area (Å²) in [5.41, 5.74) is 9.16. The maximum atomic E-state index is 13.1. The van der Waals surface area contributed by atoms with E-state index < -0.39 is 0 Å². The van der Waals surface area contributed by atoms with E-state index in [1.807, 2.05) is 57.0 Å². The number of para-hydroxylation sites is 2. The molecule has 10 heteroatoms. The monoisotopic (exact) mass is 440 g/mol. The van der Waals surface area contributed by atoms with E-state index >= 15 is 0 Å². The Kier molecular flexibility index (Phi) is 5.87. The van der Waals surface area contributed by atoms with Gasteiger partial charge in [0.25, 0.3) is 0 Å². The predicted octanol–water partition coefficient (Wildman–Crippen LogP) is 1.97. The van der Waals surface area contributed by atoms with Crippen molar-refractivity contribution in [2.24, 2.45) is 5.73 Å². The maximum Gasteiger partial charge on any atom is 0.245 e. The van der Waals surface area contributed by atoms with E-state index in [0.717, 1.165) is 21.9 Å². The van der Waals surface area contributed by atoms with E-state index in [0.29, 0.717) is 17.9 Å². The first-order valence-corrected chi connectivity index (χ1v) is 11.2. The summed E-state index contributed by atoms with van der Waals surface area (Å²) in [6, 6.07) is 7.68. The van der Waals surface area contributed by atoms with Gasteiger partial charge in [-0.15, -0.1) is 11.8 Å². The lowest BCUT2D eigenvalue weighted by Crippen LogP contribution is -2.45. The number of hydrogen-bond acceptors (Lipinski definition) is 8. The van der Waals surface area contributed by atoms with Crippen molar-refractivity contribution in [3.63, 3.8) is 0 Å². The van der Waals surface area contributed by atoms with Crippen molar-refractivity contribution < 1.29 is 4.79 Å². The van der Waals surface area contributed by atoms with Crippen molar-refractivity contribution in [1.29, 1.82) is 0 Å². The predicted molar refractivity (Wildman–Crippen MR) is 124 cm³/mol. The second-order valence-corrected chi connectivity index (χ2v) is 9.54. The highest BCUT2D eigenvalue weighted by molar-refractivity contribution is 7.99. The third-order valence-corrected chi connectivity index (χ3v) is 6.18. The number of nitrogens with zero attached hydrogens (tertiary/aromatic N) is 5. The molecule has 0 bridgehead atoms. The van der Waals surface area contributed by atoms with E-state index in [-0.39, 0.29) is 23.7 Å². The number of aromatic amines is 1. The van der Waals surface area contributed by atoms with Gasteiger partial charge in [-0.25, -0.2) is 15.0 Å². The van der Waals surface area contributed by atoms with Crippen LogP contribution in [0.3, 0.4) is 0 Å². The number of rotatable bonds is 7. The molecule has 1 saturated heterocycles. The number of thioether (sulfide) groups is 1. The molecule has 4 N–H and O–H groups in total. The molecular weight excluding hydrogens is 412 g/mol. The van der Waals surface area contributed by atoms with Gasteiger partial charge >= 0.3 is 0 Å². The molecular formula is C21H28N8OS. The first-order chi connectivity index (χ1) is 14.7. The smallest absolute Gasteiger partial charge is 0.245 e. The van der Waals surface area contributed by atoms with Gasteiger partial charge in [-0.2, -0.15) is 0 Å². The van der Waals surface area contributed by atoms with Crippen LogP contribution >= 0.6 is 11.8 Å². The Bertz CT molecular complexity index is 1080. The van der Waals surface area contributed by atoms with Gasteiger partial charge in [0.1, 0.15) is 16.9 Å². The van der Waals surface area contributed by atoms with Crippen molar-refractivity contribution in [2.45, 2.75) is 43.5 Å². The quantitative estimate of drug-likeness (QED) is 0.377. The van der Waals surface area contributed by atoms with Crippen LogP contribution in [-0.4, -0.2) is 62.9 Å². The molecule has 3 heterocycles. The average molecular weight is 441 g/mol. The molecule has 1 aliphatic rings. The minimum atomic E-state index is -0.361. The van der Waals surface area contributed by atoms with E-state index in [2.05, 4.69) is 30.2 Å². The Hall–Kier alpha value is -2.69. The topological polar surface area (TPSA) is 116 Å². The minimum absolute atomic E-state index is 0.0473. The Balaban J connectivity index is 1.61. The van der Waals surface area contributed by atoms with Crippen molar-refractivity contribution >= 4 is 40.2 Å². The number of anilines is 2. The molecule has 0 saturated carbocycles. The highest BCUT2D eigenvalue weighted by atomic mass is 32.2. The molecule has 3 aromatic rings. The zero-order valence-corrected chi connectivity index (χ0v) is 19.0. The summed E-state index contributed by atoms with van der Waals surface area (Å²) >= 11 is 1.55. The third kappa shape index (κ3) is 4.51. The molecule has 0 radical (unpaired) electrons. The van der Waals surface area contributed by atoms with Gasteiger partial charge in [0, 0.05) is 24.9 Å². The van der Waals surface area contributed by atoms with Crippen molar-refractivity contribution in [2.75, 3.05) is 29.1 Å². The van der Waals surface area contributed by atoms with Crippen LogP contribution in [0.15, 0.2) is 41.9 Å². The van der Waals surface area contributed by atoms with Crippen LogP contribution in [0.1, 0.15) is 20.8 Å². The average Bonchev–Trinajstić information content (AvgIpc) is 3.30. The number of likely N-dealkylation sites (N-methyl/N-ethyl adjacent to an activating group) is 1. The van der Waals surface area contributed by atoms with Gasteiger partial charge in [-0.05, 0) is 32.9 Å². The van der Waals surface area contributed by atoms with Crippen molar-refractivity contribution in [3.05, 3.63) is 36.9 Å². The largest absolute Gasteiger partial charge is 0.371 e. The van der Waals surface area contributed by atoms with Crippen LogP contribution in [-0.2, 0) is 4.79 Å². The van der Waals surface area contributed by atoms with Crippen LogP contribution in [0.5, 0.6) is 0 Å². The number of hydrogen-bond donors (Lipinski definition) is 3. The Morgan fingerprint density at radius 2 is 2.03 bits per heavy atom. The molecule has 2 aromatic heterocycles. The number of aromatic nitrogens is 4. The van der Waals surface area contributed by atoms with Crippen molar-refractivity contribution in [3.8, 4) is 0 Å². The second-order valence-electron chi connectivity index (χ2n) is 8.54. The van der Waals surface area contributed by atoms with Crippen LogP contribution in [0.25, 0.3) is 11.2 Å². The molecule has 2 atom stereocenters. The number of carbonyl (C=O) groups is 1. The fourth-order valence-electron chi connectivity index (χ4n) is 3.90. The summed E-state index contributed by atoms with van der Waals surface area (Å²) < 4.78 is 0. The fourth-order valence-corrected chi connectivity index (χ4v) is 4.87. The third-order valence-electron chi connectivity index (χ3n) is 5.12. The second kappa shape index (κ2) is 8.45. The van der Waals surface area contributed by atoms with E-state index in [1.54, 1.807) is 18.1 Å². The van der Waals surface area contributed by atoms with E-state index in [4.69, 9.17) is 5.73 Å². The summed E-state index contributed by atoms with van der Waals surface area (Å²) in [6.07, 6.45) is 2.95. The molecule has 31 heavy (non-hydrogen) atoms. The molecule has 2 unspecified atom stereocenters. The Morgan fingerprint density at radius 3 is 2.81 bits per heavy atom. The standard InChI is InChI=1S/C21H28N8OS/c1-13-20(30)29(15-8-6-5-7-14(15)28(4)10-21(2,3)22)16(27-13)9-31-19-17-18(24-11-23-17)25-12-26-19/h5-8,11-13,16,27H,9-10,22H2,1-4H3,(H,23,24,25,26). The number of imidazole rings is 1. The number of fused-ring (bicyclic) bond motifs is 1. The highest BCUT2D eigenvalue weighted by Gasteiger charge is 2.38. The van der Waals surface area contributed by atoms with Crippen LogP contribution in [0, 0.1) is 0 Å². The number of nitrogens with two attached hydrogens (primary N) is 1. The van der Waals surface area contributed by atoms with Gasteiger partial charge < -0.3 is 15.6 Å². The van der Waals surface area contributed by atoms with Gasteiger partial charge in [0.05, 0.1) is 29.9 Å². The molecule has 1 amide bonds. The molecule has 0 aliphatic carbocycles. The number of benzene rings is 1. The minimum Gasteiger partial charge on any atom is -0.371 e. The Labute approximate surface area is 185 Å². The zero-order valence-electron chi connectivity index (χ0n) is 18.2. The highest BCUT2D eigenvalue weighted by Crippen LogP contribution is 2.34. The SMILES string of the molecule is CC1NC(CSc2ncnc3[nH]cnc23)N(c2ccccc2N(C)CC(C)(C)N)C1=O. The van der Waals surface area contributed by atoms with Crippen LogP contribution < -0.4 is 20.9 Å². The van der Waals surface area contributed by atoms with E-state index in [1.165, 1.54) is 6.33 Å². The van der Waals surface area contributed by atoms with E-state index in [9.17, 15) is 4.79 Å². The number of nitrogens with one attached hydrogen (secondary N) is 2. The van der Waals surface area contributed by atoms with Gasteiger partial charge in [0.15, 0.2) is 5.65 Å². The lowest BCUT2D eigenvalue weighted by atomic mass is 10.1. The molecule has 1 fully saturated rings. The Morgan fingerprint density at radius 1 is 1.26 bits per heavy atom.